The minimum atomic E-state index is 0.605. The molecule has 1 fully saturated rings. The van der Waals surface area contributed by atoms with Gasteiger partial charge in [-0.1, -0.05) is 13.0 Å². The number of anilines is 1. The summed E-state index contributed by atoms with van der Waals surface area (Å²) in [5.74, 6) is 1.42. The van der Waals surface area contributed by atoms with Crippen molar-refractivity contribution in [2.45, 2.75) is 19.8 Å². The van der Waals surface area contributed by atoms with E-state index in [1.807, 2.05) is 6.07 Å². The summed E-state index contributed by atoms with van der Waals surface area (Å²) in [5.41, 5.74) is 8.79. The summed E-state index contributed by atoms with van der Waals surface area (Å²) in [7, 11) is 0. The summed E-state index contributed by atoms with van der Waals surface area (Å²) >= 11 is 0. The van der Waals surface area contributed by atoms with Gasteiger partial charge in [0.05, 0.1) is 5.69 Å². The van der Waals surface area contributed by atoms with E-state index in [0.29, 0.717) is 5.92 Å². The number of aromatic nitrogens is 1. The van der Waals surface area contributed by atoms with Gasteiger partial charge in [-0.2, -0.15) is 0 Å². The molecule has 2 aromatic rings. The Balaban J connectivity index is 1.98. The first-order chi connectivity index (χ1) is 8.81. The topological polar surface area (TPSA) is 55.3 Å². The van der Waals surface area contributed by atoms with Gasteiger partial charge in [-0.25, -0.2) is 4.98 Å². The van der Waals surface area contributed by atoms with Crippen LogP contribution in [-0.4, -0.2) is 24.6 Å². The number of hydrogen-bond acceptors (Lipinski definition) is 4. The molecule has 4 heteroatoms. The van der Waals surface area contributed by atoms with Gasteiger partial charge in [0.1, 0.15) is 5.52 Å². The van der Waals surface area contributed by atoms with Crippen molar-refractivity contribution in [2.24, 2.45) is 11.7 Å². The third-order valence-corrected chi connectivity index (χ3v) is 3.70. The fraction of sp³-hybridized carbons (Fsp3) is 0.500. The van der Waals surface area contributed by atoms with Gasteiger partial charge in [0, 0.05) is 19.5 Å². The maximum absolute atomic E-state index is 5.85. The standard InChI is InChI=1S/C14H19N3O/c1-2-13-16-11-4-3-5-12(14(11)18-13)17-7-6-10(8-15)9-17/h3-5,10H,2,6-9,15H2,1H3. The summed E-state index contributed by atoms with van der Waals surface area (Å²) in [6.07, 6.45) is 2.00. The molecule has 96 valence electrons. The van der Waals surface area contributed by atoms with Gasteiger partial charge < -0.3 is 15.1 Å². The fourth-order valence-electron chi connectivity index (χ4n) is 2.62. The van der Waals surface area contributed by atoms with Gasteiger partial charge in [0.2, 0.25) is 0 Å². The van der Waals surface area contributed by atoms with E-state index < -0.39 is 0 Å². The molecule has 0 bridgehead atoms. The molecule has 0 aliphatic carbocycles. The van der Waals surface area contributed by atoms with E-state index in [4.69, 9.17) is 10.2 Å². The van der Waals surface area contributed by atoms with Gasteiger partial charge in [-0.3, -0.25) is 0 Å². The number of para-hydroxylation sites is 1. The Labute approximate surface area is 107 Å². The van der Waals surface area contributed by atoms with E-state index in [0.717, 1.165) is 48.7 Å². The average molecular weight is 245 g/mol. The Hall–Kier alpha value is -1.55. The third kappa shape index (κ3) is 1.86. The van der Waals surface area contributed by atoms with E-state index in [9.17, 15) is 0 Å². The van der Waals surface area contributed by atoms with E-state index >= 15 is 0 Å². The van der Waals surface area contributed by atoms with Crippen molar-refractivity contribution >= 4 is 16.8 Å². The van der Waals surface area contributed by atoms with Crippen molar-refractivity contribution in [3.8, 4) is 0 Å². The van der Waals surface area contributed by atoms with Crippen LogP contribution in [0.4, 0.5) is 5.69 Å². The van der Waals surface area contributed by atoms with Gasteiger partial charge >= 0.3 is 0 Å². The molecule has 1 atom stereocenters. The molecule has 1 aromatic carbocycles. The molecule has 18 heavy (non-hydrogen) atoms. The first-order valence-electron chi connectivity index (χ1n) is 6.65. The summed E-state index contributed by atoms with van der Waals surface area (Å²) in [5, 5.41) is 0. The van der Waals surface area contributed by atoms with Crippen LogP contribution in [0.2, 0.25) is 0 Å². The molecular formula is C14H19N3O. The van der Waals surface area contributed by atoms with Gasteiger partial charge in [0.15, 0.2) is 11.5 Å². The first kappa shape index (κ1) is 11.5. The number of rotatable bonds is 3. The second kappa shape index (κ2) is 4.61. The van der Waals surface area contributed by atoms with Crippen LogP contribution in [0.15, 0.2) is 22.6 Å². The Morgan fingerprint density at radius 3 is 3.11 bits per heavy atom. The van der Waals surface area contributed by atoms with E-state index in [1.54, 1.807) is 0 Å². The predicted molar refractivity (Wildman–Crippen MR) is 72.8 cm³/mol. The Morgan fingerprint density at radius 2 is 2.39 bits per heavy atom. The van der Waals surface area contributed by atoms with Crippen LogP contribution in [-0.2, 0) is 6.42 Å². The summed E-state index contributed by atoms with van der Waals surface area (Å²) < 4.78 is 5.85. The molecule has 2 heterocycles. The molecular weight excluding hydrogens is 226 g/mol. The second-order valence-corrected chi connectivity index (χ2v) is 4.92. The van der Waals surface area contributed by atoms with Crippen molar-refractivity contribution in [1.82, 2.24) is 4.98 Å². The monoisotopic (exact) mass is 245 g/mol. The number of benzene rings is 1. The zero-order chi connectivity index (χ0) is 12.5. The van der Waals surface area contributed by atoms with Crippen LogP contribution in [0.1, 0.15) is 19.2 Å². The highest BCUT2D eigenvalue weighted by atomic mass is 16.3. The molecule has 1 unspecified atom stereocenters. The summed E-state index contributed by atoms with van der Waals surface area (Å²) in [6.45, 7) is 4.91. The van der Waals surface area contributed by atoms with Gasteiger partial charge in [0.25, 0.3) is 0 Å². The zero-order valence-corrected chi connectivity index (χ0v) is 10.7. The number of aryl methyl sites for hydroxylation is 1. The van der Waals surface area contributed by atoms with Crippen LogP contribution in [0.3, 0.4) is 0 Å². The largest absolute Gasteiger partial charge is 0.439 e. The van der Waals surface area contributed by atoms with Crippen LogP contribution < -0.4 is 10.6 Å². The lowest BCUT2D eigenvalue weighted by molar-refractivity contribution is 0.537. The number of fused-ring (bicyclic) bond motifs is 1. The molecule has 0 spiro atoms. The molecule has 1 aliphatic heterocycles. The van der Waals surface area contributed by atoms with Crippen molar-refractivity contribution < 1.29 is 4.42 Å². The lowest BCUT2D eigenvalue weighted by atomic mass is 10.1. The normalized spacial score (nSPS) is 19.9. The van der Waals surface area contributed by atoms with Crippen molar-refractivity contribution in [3.63, 3.8) is 0 Å². The molecule has 1 aliphatic rings. The third-order valence-electron chi connectivity index (χ3n) is 3.70. The van der Waals surface area contributed by atoms with Gasteiger partial charge in [-0.15, -0.1) is 0 Å². The maximum Gasteiger partial charge on any atom is 0.195 e. The maximum atomic E-state index is 5.85. The minimum absolute atomic E-state index is 0.605. The van der Waals surface area contributed by atoms with Crippen LogP contribution >= 0.6 is 0 Å². The lowest BCUT2D eigenvalue weighted by Crippen LogP contribution is -2.22. The molecule has 0 amide bonds. The molecule has 2 N–H and O–H groups in total. The van der Waals surface area contributed by atoms with Gasteiger partial charge in [-0.05, 0) is 31.0 Å². The van der Waals surface area contributed by atoms with Crippen molar-refractivity contribution in [1.29, 1.82) is 0 Å². The molecule has 0 saturated carbocycles. The van der Waals surface area contributed by atoms with Crippen molar-refractivity contribution in [2.75, 3.05) is 24.5 Å². The Bertz CT molecular complexity index is 549. The number of hydrogen-bond donors (Lipinski definition) is 1. The number of oxazole rings is 1. The Kier molecular flexibility index (Phi) is 2.96. The van der Waals surface area contributed by atoms with Crippen molar-refractivity contribution in [3.05, 3.63) is 24.1 Å². The van der Waals surface area contributed by atoms with E-state index in [2.05, 4.69) is 28.9 Å². The number of nitrogens with zero attached hydrogens (tertiary/aromatic N) is 2. The summed E-state index contributed by atoms with van der Waals surface area (Å²) in [4.78, 5) is 6.85. The second-order valence-electron chi connectivity index (χ2n) is 4.92. The molecule has 3 rings (SSSR count). The zero-order valence-electron chi connectivity index (χ0n) is 10.7. The highest BCUT2D eigenvalue weighted by Gasteiger charge is 2.24. The van der Waals surface area contributed by atoms with E-state index in [1.165, 1.54) is 6.42 Å². The highest BCUT2D eigenvalue weighted by molar-refractivity contribution is 5.87. The lowest BCUT2D eigenvalue weighted by Gasteiger charge is -2.18. The predicted octanol–water partition coefficient (Wildman–Crippen LogP) is 2.18. The molecule has 1 saturated heterocycles. The van der Waals surface area contributed by atoms with Crippen LogP contribution in [0.5, 0.6) is 0 Å². The minimum Gasteiger partial charge on any atom is -0.439 e. The smallest absolute Gasteiger partial charge is 0.195 e. The average Bonchev–Trinajstić information content (AvgIpc) is 3.04. The first-order valence-corrected chi connectivity index (χ1v) is 6.65. The fourth-order valence-corrected chi connectivity index (χ4v) is 2.62. The SMILES string of the molecule is CCc1nc2cccc(N3CCC(CN)C3)c2o1. The van der Waals surface area contributed by atoms with Crippen LogP contribution in [0.25, 0.3) is 11.1 Å². The Morgan fingerprint density at radius 1 is 1.50 bits per heavy atom. The summed E-state index contributed by atoms with van der Waals surface area (Å²) in [6, 6.07) is 6.18. The molecule has 1 aromatic heterocycles. The van der Waals surface area contributed by atoms with E-state index in [-0.39, 0.29) is 0 Å². The quantitative estimate of drug-likeness (QED) is 0.900. The molecule has 0 radical (unpaired) electrons. The molecule has 4 nitrogen and oxygen atoms in total. The number of nitrogens with two attached hydrogens (primary N) is 1. The highest BCUT2D eigenvalue weighted by Crippen LogP contribution is 2.31. The van der Waals surface area contributed by atoms with Crippen LogP contribution in [0, 0.1) is 5.92 Å².